The van der Waals surface area contributed by atoms with Gasteiger partial charge in [0.05, 0.1) is 11.1 Å². The molecule has 0 radical (unpaired) electrons. The fourth-order valence-corrected chi connectivity index (χ4v) is 9.06. The average Bonchev–Trinajstić information content (AvgIpc) is 3.86. The first-order valence-corrected chi connectivity index (χ1v) is 17.0. The predicted molar refractivity (Wildman–Crippen MR) is 180 cm³/mol. The molecule has 0 fully saturated rings. The number of Topliss-reactive ketones (excluding diaryl/α,β-unsaturated/α-hetero) is 4. The number of hydrogen-bond donors (Lipinski definition) is 0. The van der Waals surface area contributed by atoms with Gasteiger partial charge in [-0.2, -0.15) is 0 Å². The maximum Gasteiger partial charge on any atom is 0.197 e. The number of carbonyl (C=O) groups is 4. The standard InChI is InChI=1S/C37H26O4S3/c1-2-3-4-9-21-18-32(30-16-14-22(42-30)19-28-33(38)24-10-5-6-11-25(24)34(28)39)44-37(21)31-17-15-23(43-31)20-29-35(40)26-12-7-8-13-27(26)36(29)41/h5-8,10-20H,2-4,9H2,1H3. The van der Waals surface area contributed by atoms with Gasteiger partial charge in [-0.15, -0.1) is 34.0 Å². The van der Waals surface area contributed by atoms with E-state index in [1.807, 2.05) is 12.1 Å². The van der Waals surface area contributed by atoms with Crippen LogP contribution in [0.1, 0.15) is 82.9 Å². The van der Waals surface area contributed by atoms with Crippen molar-refractivity contribution < 1.29 is 19.2 Å². The Morgan fingerprint density at radius 3 is 1.52 bits per heavy atom. The van der Waals surface area contributed by atoms with Crippen molar-refractivity contribution in [3.63, 3.8) is 0 Å². The van der Waals surface area contributed by atoms with E-state index in [2.05, 4.69) is 25.1 Å². The molecule has 2 aliphatic carbocycles. The van der Waals surface area contributed by atoms with Crippen molar-refractivity contribution in [3.8, 4) is 19.5 Å². The Balaban J connectivity index is 1.19. The summed E-state index contributed by atoms with van der Waals surface area (Å²) in [5, 5.41) is 0. The summed E-state index contributed by atoms with van der Waals surface area (Å²) in [5.41, 5.74) is 3.60. The number of rotatable bonds is 8. The summed E-state index contributed by atoms with van der Waals surface area (Å²) in [5.74, 6) is -0.865. The first-order chi connectivity index (χ1) is 21.4. The van der Waals surface area contributed by atoms with Crippen LogP contribution in [-0.2, 0) is 6.42 Å². The molecule has 7 rings (SSSR count). The number of fused-ring (bicyclic) bond motifs is 2. The quantitative estimate of drug-likeness (QED) is 0.0972. The number of carbonyl (C=O) groups excluding carboxylic acids is 4. The van der Waals surface area contributed by atoms with E-state index in [-0.39, 0.29) is 34.3 Å². The lowest BCUT2D eigenvalue weighted by molar-refractivity contribution is 0.0975. The van der Waals surface area contributed by atoms with Crippen molar-refractivity contribution >= 4 is 69.3 Å². The fourth-order valence-electron chi connectivity index (χ4n) is 5.72. The van der Waals surface area contributed by atoms with Crippen molar-refractivity contribution in [2.24, 2.45) is 0 Å². The molecule has 0 saturated heterocycles. The lowest BCUT2D eigenvalue weighted by Crippen LogP contribution is -1.99. The Labute approximate surface area is 267 Å². The highest BCUT2D eigenvalue weighted by atomic mass is 32.1. The van der Waals surface area contributed by atoms with Gasteiger partial charge in [-0.3, -0.25) is 19.2 Å². The molecule has 2 aromatic carbocycles. The molecule has 5 aromatic rings. The summed E-state index contributed by atoms with van der Waals surface area (Å²) < 4.78 is 0. The van der Waals surface area contributed by atoms with Gasteiger partial charge >= 0.3 is 0 Å². The van der Waals surface area contributed by atoms with Crippen LogP contribution < -0.4 is 0 Å². The molecule has 0 amide bonds. The molecular formula is C37H26O4S3. The van der Waals surface area contributed by atoms with Crippen LogP contribution >= 0.6 is 34.0 Å². The summed E-state index contributed by atoms with van der Waals surface area (Å²) in [6, 6.07) is 24.3. The van der Waals surface area contributed by atoms with Crippen LogP contribution in [0.25, 0.3) is 31.7 Å². The molecule has 44 heavy (non-hydrogen) atoms. The minimum Gasteiger partial charge on any atom is -0.288 e. The Morgan fingerprint density at radius 2 is 1.02 bits per heavy atom. The first kappa shape index (κ1) is 28.5. The van der Waals surface area contributed by atoms with Crippen molar-refractivity contribution in [1.82, 2.24) is 0 Å². The van der Waals surface area contributed by atoms with Crippen LogP contribution in [-0.4, -0.2) is 23.1 Å². The molecule has 0 aliphatic heterocycles. The SMILES string of the molecule is CCCCCc1cc(-c2ccc(C=C3C(=O)c4ccccc4C3=O)s2)sc1-c1ccc(C=C2C(=O)c3ccccc3C2=O)s1. The second-order valence-corrected chi connectivity index (χ2v) is 14.1. The first-order valence-electron chi connectivity index (χ1n) is 14.6. The molecule has 3 aromatic heterocycles. The van der Waals surface area contributed by atoms with Crippen molar-refractivity contribution in [2.75, 3.05) is 0 Å². The highest BCUT2D eigenvalue weighted by Gasteiger charge is 2.33. The van der Waals surface area contributed by atoms with E-state index in [0.717, 1.165) is 50.1 Å². The number of benzene rings is 2. The van der Waals surface area contributed by atoms with Crippen molar-refractivity contribution in [3.05, 3.63) is 128 Å². The van der Waals surface area contributed by atoms with Crippen molar-refractivity contribution in [2.45, 2.75) is 32.6 Å². The van der Waals surface area contributed by atoms with Crippen LogP contribution in [0.2, 0.25) is 0 Å². The molecule has 4 nitrogen and oxygen atoms in total. The normalized spacial score (nSPS) is 14.0. The summed E-state index contributed by atoms with van der Waals surface area (Å²) in [4.78, 5) is 57.9. The van der Waals surface area contributed by atoms with Gasteiger partial charge in [0.15, 0.2) is 23.1 Å². The van der Waals surface area contributed by atoms with E-state index >= 15 is 0 Å². The minimum absolute atomic E-state index is 0.215. The Morgan fingerprint density at radius 1 is 0.545 bits per heavy atom. The molecule has 0 saturated carbocycles. The van der Waals surface area contributed by atoms with Crippen LogP contribution in [0.4, 0.5) is 0 Å². The van der Waals surface area contributed by atoms with Crippen LogP contribution in [0, 0.1) is 0 Å². The van der Waals surface area contributed by atoms with Gasteiger partial charge < -0.3 is 0 Å². The van der Waals surface area contributed by atoms with E-state index in [0.29, 0.717) is 22.3 Å². The topological polar surface area (TPSA) is 68.3 Å². The van der Waals surface area contributed by atoms with Gasteiger partial charge in [0.25, 0.3) is 0 Å². The highest BCUT2D eigenvalue weighted by Crippen LogP contribution is 2.44. The summed E-state index contributed by atoms with van der Waals surface area (Å²) >= 11 is 4.89. The minimum atomic E-state index is -0.217. The van der Waals surface area contributed by atoms with E-state index in [9.17, 15) is 19.2 Å². The van der Waals surface area contributed by atoms with Gasteiger partial charge in [-0.05, 0) is 60.9 Å². The maximum atomic E-state index is 12.9. The molecule has 216 valence electrons. The van der Waals surface area contributed by atoms with E-state index in [1.54, 1.807) is 94.7 Å². The summed E-state index contributed by atoms with van der Waals surface area (Å²) in [7, 11) is 0. The number of hydrogen-bond acceptors (Lipinski definition) is 7. The van der Waals surface area contributed by atoms with E-state index < -0.39 is 0 Å². The number of aryl methyl sites for hydroxylation is 1. The zero-order valence-electron chi connectivity index (χ0n) is 23.8. The second kappa shape index (κ2) is 11.7. The number of allylic oxidation sites excluding steroid dienone is 2. The highest BCUT2D eigenvalue weighted by molar-refractivity contribution is 7.27. The van der Waals surface area contributed by atoms with Gasteiger partial charge in [0, 0.05) is 51.5 Å². The number of unbranched alkanes of at least 4 members (excludes halogenated alkanes) is 2. The molecule has 0 N–H and O–H groups in total. The van der Waals surface area contributed by atoms with E-state index in [4.69, 9.17) is 0 Å². The number of thiophene rings is 3. The van der Waals surface area contributed by atoms with Gasteiger partial charge in [0.1, 0.15) is 0 Å². The molecule has 3 heterocycles. The van der Waals surface area contributed by atoms with Gasteiger partial charge in [-0.1, -0.05) is 68.3 Å². The maximum absolute atomic E-state index is 12.9. The second-order valence-electron chi connectivity index (χ2n) is 10.8. The van der Waals surface area contributed by atoms with Gasteiger partial charge in [-0.25, -0.2) is 0 Å². The molecule has 7 heteroatoms. The molecule has 2 aliphatic rings. The number of ketones is 4. The summed E-state index contributed by atoms with van der Waals surface area (Å²) in [6.45, 7) is 2.20. The third kappa shape index (κ3) is 5.01. The Kier molecular flexibility index (Phi) is 7.54. The lowest BCUT2D eigenvalue weighted by atomic mass is 10.1. The lowest BCUT2D eigenvalue weighted by Gasteiger charge is -2.01. The molecular weight excluding hydrogens is 605 g/mol. The third-order valence-electron chi connectivity index (χ3n) is 7.96. The van der Waals surface area contributed by atoms with Crippen LogP contribution in [0.3, 0.4) is 0 Å². The average molecular weight is 631 g/mol. The zero-order chi connectivity index (χ0) is 30.4. The molecule has 0 bridgehead atoms. The molecule has 0 unspecified atom stereocenters. The third-order valence-corrected chi connectivity index (χ3v) is 11.6. The van der Waals surface area contributed by atoms with Crippen LogP contribution in [0.5, 0.6) is 0 Å². The predicted octanol–water partition coefficient (Wildman–Crippen LogP) is 9.86. The summed E-state index contributed by atoms with van der Waals surface area (Å²) in [6.07, 6.45) is 7.79. The fraction of sp³-hybridized carbons (Fsp3) is 0.135. The van der Waals surface area contributed by atoms with Crippen molar-refractivity contribution in [1.29, 1.82) is 0 Å². The van der Waals surface area contributed by atoms with Gasteiger partial charge in [0.2, 0.25) is 0 Å². The molecule has 0 atom stereocenters. The Hall–Kier alpha value is -4.30. The largest absolute Gasteiger partial charge is 0.288 e. The monoisotopic (exact) mass is 630 g/mol. The molecule has 0 spiro atoms. The van der Waals surface area contributed by atoms with E-state index in [1.165, 1.54) is 10.4 Å². The Bertz CT molecular complexity index is 1990. The van der Waals surface area contributed by atoms with Crippen LogP contribution in [0.15, 0.2) is 90.0 Å². The zero-order valence-corrected chi connectivity index (χ0v) is 26.3. The smallest absolute Gasteiger partial charge is 0.197 e.